The maximum Gasteiger partial charge on any atom is 0.249 e. The van der Waals surface area contributed by atoms with Crippen LogP contribution in [0.3, 0.4) is 0 Å². The topological polar surface area (TPSA) is 169 Å². The summed E-state index contributed by atoms with van der Waals surface area (Å²) in [6, 6.07) is -0.997. The molecule has 0 saturated carbocycles. The average Bonchev–Trinajstić information content (AvgIpc) is 3.36. The first kappa shape index (κ1) is 66.4. The normalized spacial score (nSPS) is 20.0. The van der Waals surface area contributed by atoms with E-state index in [2.05, 4.69) is 43.5 Å². The summed E-state index contributed by atoms with van der Waals surface area (Å²) < 4.78 is 11.2. The van der Waals surface area contributed by atoms with Gasteiger partial charge < -0.3 is 45.4 Å². The van der Waals surface area contributed by atoms with Crippen LogP contribution in [-0.4, -0.2) is 98.7 Å². The number of rotatable bonds is 51. The van der Waals surface area contributed by atoms with Crippen LogP contribution in [0.25, 0.3) is 0 Å². The molecule has 0 aliphatic carbocycles. The molecule has 1 rings (SSSR count). The van der Waals surface area contributed by atoms with Crippen molar-refractivity contribution in [1.29, 1.82) is 0 Å². The van der Waals surface area contributed by atoms with Crippen molar-refractivity contribution in [2.75, 3.05) is 13.2 Å². The van der Waals surface area contributed by atoms with E-state index in [9.17, 15) is 35.4 Å². The lowest BCUT2D eigenvalue weighted by Crippen LogP contribution is -2.60. The van der Waals surface area contributed by atoms with Gasteiger partial charge in [0.25, 0.3) is 0 Å². The molecule has 1 amide bonds. The van der Waals surface area contributed by atoms with Gasteiger partial charge in [-0.1, -0.05) is 256 Å². The summed E-state index contributed by atoms with van der Waals surface area (Å²) >= 11 is 0. The van der Waals surface area contributed by atoms with E-state index >= 15 is 0 Å². The van der Waals surface area contributed by atoms with E-state index in [0.717, 1.165) is 32.1 Å². The summed E-state index contributed by atoms with van der Waals surface area (Å²) in [5.41, 5.74) is 0. The van der Waals surface area contributed by atoms with Crippen molar-refractivity contribution < 1.29 is 44.9 Å². The number of amides is 1. The second kappa shape index (κ2) is 49.6. The lowest BCUT2D eigenvalue weighted by molar-refractivity contribution is -0.302. The fourth-order valence-electron chi connectivity index (χ4n) is 9.47. The van der Waals surface area contributed by atoms with Gasteiger partial charge in [0, 0.05) is 0 Å². The van der Waals surface area contributed by atoms with Gasteiger partial charge in [0.15, 0.2) is 6.29 Å². The van der Waals surface area contributed by atoms with Crippen molar-refractivity contribution in [3.63, 3.8) is 0 Å². The zero-order valence-electron chi connectivity index (χ0n) is 45.4. The molecule has 1 aliphatic rings. The highest BCUT2D eigenvalue weighted by Gasteiger charge is 2.44. The van der Waals surface area contributed by atoms with Crippen LogP contribution in [0.1, 0.15) is 277 Å². The Morgan fingerprint density at radius 1 is 0.486 bits per heavy atom. The molecule has 1 saturated heterocycles. The molecule has 1 fully saturated rings. The molecular weight excluding hydrogens is 879 g/mol. The predicted octanol–water partition coefficient (Wildman–Crippen LogP) is 13.7. The van der Waals surface area contributed by atoms with Crippen LogP contribution in [-0.2, 0) is 14.3 Å². The van der Waals surface area contributed by atoms with E-state index in [1.165, 1.54) is 212 Å². The number of carbonyl (C=O) groups excluding carboxylic acids is 1. The van der Waals surface area contributed by atoms with Gasteiger partial charge in [-0.15, -0.1) is 0 Å². The van der Waals surface area contributed by atoms with Crippen LogP contribution >= 0.6 is 0 Å². The number of hydrogen-bond acceptors (Lipinski definition) is 9. The lowest BCUT2D eigenvalue weighted by atomic mass is 9.99. The van der Waals surface area contributed by atoms with Crippen LogP contribution in [0.15, 0.2) is 36.5 Å². The van der Waals surface area contributed by atoms with E-state index in [1.807, 2.05) is 6.08 Å². The highest BCUT2D eigenvalue weighted by Crippen LogP contribution is 2.23. The van der Waals surface area contributed by atoms with Gasteiger partial charge in [0.05, 0.1) is 25.4 Å². The summed E-state index contributed by atoms with van der Waals surface area (Å²) in [7, 11) is 0. The summed E-state index contributed by atoms with van der Waals surface area (Å²) in [6.07, 6.45) is 54.0. The Labute approximate surface area is 430 Å². The van der Waals surface area contributed by atoms with Crippen molar-refractivity contribution >= 4 is 5.91 Å². The highest BCUT2D eigenvalue weighted by atomic mass is 16.7. The standard InChI is InChI=1S/C60H113NO9/c1-3-5-7-9-11-13-15-17-19-21-22-23-24-25-26-27-28-29-30-31-33-35-37-39-41-43-45-47-49-54(64)59(68)61-52(51-69-60-58(67)57(66)56(65)55(50-62)70-60)53(63)48-46-44-42-40-38-36-34-32-20-18-16-14-12-10-8-6-4-2/h25-26,38,40,46,48,52-58,60,62-67H,3-24,27-37,39,41-45,47,49-51H2,1-2H3,(H,61,68)/b26-25-,40-38+,48-46+. The number of carbonyl (C=O) groups is 1. The molecule has 0 radical (unpaired) electrons. The molecule has 1 heterocycles. The first-order valence-electron chi connectivity index (χ1n) is 29.8. The van der Waals surface area contributed by atoms with E-state index in [0.29, 0.717) is 19.3 Å². The molecule has 412 valence electrons. The van der Waals surface area contributed by atoms with Crippen molar-refractivity contribution in [1.82, 2.24) is 5.32 Å². The molecule has 1 aliphatic heterocycles. The third kappa shape index (κ3) is 38.0. The summed E-state index contributed by atoms with van der Waals surface area (Å²) in [5, 5.41) is 65.0. The Hall–Kier alpha value is -1.63. The number of hydrogen-bond donors (Lipinski definition) is 7. The fraction of sp³-hybridized carbons (Fsp3) is 0.883. The minimum Gasteiger partial charge on any atom is -0.394 e. The number of aliphatic hydroxyl groups excluding tert-OH is 6. The zero-order valence-corrected chi connectivity index (χ0v) is 45.4. The van der Waals surface area contributed by atoms with Crippen LogP contribution in [0.2, 0.25) is 0 Å². The molecule has 0 aromatic rings. The third-order valence-corrected chi connectivity index (χ3v) is 14.3. The molecule has 70 heavy (non-hydrogen) atoms. The summed E-state index contributed by atoms with van der Waals surface area (Å²) in [6.45, 7) is 3.63. The number of allylic oxidation sites excluding steroid dienone is 5. The number of unbranched alkanes of at least 4 members (excludes halogenated alkanes) is 36. The smallest absolute Gasteiger partial charge is 0.249 e. The number of ether oxygens (including phenoxy) is 2. The molecule has 10 nitrogen and oxygen atoms in total. The second-order valence-corrected chi connectivity index (χ2v) is 20.9. The lowest BCUT2D eigenvalue weighted by Gasteiger charge is -2.40. The minimum absolute atomic E-state index is 0.304. The van der Waals surface area contributed by atoms with E-state index in [1.54, 1.807) is 6.08 Å². The molecular formula is C60H113NO9. The van der Waals surface area contributed by atoms with Gasteiger partial charge in [-0.3, -0.25) is 4.79 Å². The first-order valence-corrected chi connectivity index (χ1v) is 29.8. The summed E-state index contributed by atoms with van der Waals surface area (Å²) in [5.74, 6) is -0.623. The summed E-state index contributed by atoms with van der Waals surface area (Å²) in [4.78, 5) is 13.1. The minimum atomic E-state index is -1.62. The van der Waals surface area contributed by atoms with Crippen LogP contribution < -0.4 is 5.32 Å². The molecule has 8 atom stereocenters. The maximum atomic E-state index is 13.1. The first-order chi connectivity index (χ1) is 34.3. The van der Waals surface area contributed by atoms with Crippen LogP contribution in [0, 0.1) is 0 Å². The molecule has 0 aromatic carbocycles. The van der Waals surface area contributed by atoms with E-state index in [-0.39, 0.29) is 6.61 Å². The molecule has 10 heteroatoms. The average molecular weight is 993 g/mol. The van der Waals surface area contributed by atoms with Gasteiger partial charge in [-0.25, -0.2) is 0 Å². The van der Waals surface area contributed by atoms with Gasteiger partial charge in [-0.05, 0) is 57.8 Å². The monoisotopic (exact) mass is 992 g/mol. The number of aliphatic hydroxyl groups is 6. The van der Waals surface area contributed by atoms with Gasteiger partial charge in [-0.2, -0.15) is 0 Å². The third-order valence-electron chi connectivity index (χ3n) is 14.3. The molecule has 0 aromatic heterocycles. The van der Waals surface area contributed by atoms with Crippen molar-refractivity contribution in [3.05, 3.63) is 36.5 Å². The largest absolute Gasteiger partial charge is 0.394 e. The van der Waals surface area contributed by atoms with Crippen molar-refractivity contribution in [2.24, 2.45) is 0 Å². The molecule has 0 bridgehead atoms. The predicted molar refractivity (Wildman–Crippen MR) is 292 cm³/mol. The number of nitrogens with one attached hydrogen (secondary N) is 1. The molecule has 7 N–H and O–H groups in total. The van der Waals surface area contributed by atoms with E-state index in [4.69, 9.17) is 9.47 Å². The van der Waals surface area contributed by atoms with Crippen LogP contribution in [0.5, 0.6) is 0 Å². The van der Waals surface area contributed by atoms with Gasteiger partial charge in [0.2, 0.25) is 5.91 Å². The molecule has 8 unspecified atom stereocenters. The second-order valence-electron chi connectivity index (χ2n) is 20.9. The Bertz CT molecular complexity index is 1210. The highest BCUT2D eigenvalue weighted by molar-refractivity contribution is 5.80. The Morgan fingerprint density at radius 2 is 0.843 bits per heavy atom. The quantitative estimate of drug-likeness (QED) is 0.0232. The van der Waals surface area contributed by atoms with Crippen molar-refractivity contribution in [2.45, 2.75) is 326 Å². The fourth-order valence-corrected chi connectivity index (χ4v) is 9.47. The molecule has 0 spiro atoms. The SMILES string of the molecule is CCCCCCCCCCCCC/C=C/CC/C=C/C(O)C(COC1OC(CO)C(O)C(O)C1O)NC(=O)C(O)CCCCCCCCCCCCCC/C=C\CCCCCCCCCCCCCC. The zero-order chi connectivity index (χ0) is 51.0. The van der Waals surface area contributed by atoms with Crippen LogP contribution in [0.4, 0.5) is 0 Å². The van der Waals surface area contributed by atoms with Crippen molar-refractivity contribution in [3.8, 4) is 0 Å². The maximum absolute atomic E-state index is 13.1. The Morgan fingerprint density at radius 3 is 1.24 bits per heavy atom. The van der Waals surface area contributed by atoms with Gasteiger partial charge >= 0.3 is 0 Å². The van der Waals surface area contributed by atoms with E-state index < -0.39 is 61.5 Å². The Kier molecular flexibility index (Phi) is 47.0. The van der Waals surface area contributed by atoms with Gasteiger partial charge in [0.1, 0.15) is 30.5 Å². The Balaban J connectivity index is 2.24.